The second kappa shape index (κ2) is 6.15. The Morgan fingerprint density at radius 2 is 1.90 bits per heavy atom. The molecule has 0 bridgehead atoms. The third-order valence-corrected chi connectivity index (χ3v) is 4.36. The molecule has 21 heavy (non-hydrogen) atoms. The van der Waals surface area contributed by atoms with Gasteiger partial charge in [0.25, 0.3) is 5.91 Å². The molecule has 2 N–H and O–H groups in total. The van der Waals surface area contributed by atoms with Crippen LogP contribution in [0.3, 0.4) is 0 Å². The van der Waals surface area contributed by atoms with E-state index in [9.17, 15) is 9.59 Å². The van der Waals surface area contributed by atoms with Gasteiger partial charge < -0.3 is 15.5 Å². The highest BCUT2D eigenvalue weighted by Crippen LogP contribution is 2.30. The zero-order chi connectivity index (χ0) is 15.6. The molecule has 2 amide bonds. The number of piperazine rings is 1. The van der Waals surface area contributed by atoms with Crippen molar-refractivity contribution in [1.82, 2.24) is 10.2 Å². The lowest BCUT2D eigenvalue weighted by atomic mass is 9.96. The fraction of sp³-hybridized carbons (Fsp3) is 0.600. The SMILES string of the molecule is Cc1cc(C(=O)N2CCNCC2)c(NC(=O)C(C)(C)C)s1. The van der Waals surface area contributed by atoms with E-state index in [1.807, 2.05) is 38.7 Å². The Bertz CT molecular complexity index is 540. The number of nitrogens with zero attached hydrogens (tertiary/aromatic N) is 1. The first kappa shape index (κ1) is 16.0. The van der Waals surface area contributed by atoms with Crippen LogP contribution in [0.1, 0.15) is 36.0 Å². The van der Waals surface area contributed by atoms with Gasteiger partial charge >= 0.3 is 0 Å². The predicted octanol–water partition coefficient (Wildman–Crippen LogP) is 2.09. The Morgan fingerprint density at radius 1 is 1.29 bits per heavy atom. The lowest BCUT2D eigenvalue weighted by Gasteiger charge is -2.27. The fourth-order valence-electron chi connectivity index (χ4n) is 2.09. The van der Waals surface area contributed by atoms with Gasteiger partial charge in [-0.15, -0.1) is 11.3 Å². The number of anilines is 1. The third-order valence-electron chi connectivity index (χ3n) is 3.40. The Morgan fingerprint density at radius 3 is 2.48 bits per heavy atom. The number of nitrogens with one attached hydrogen (secondary N) is 2. The number of hydrogen-bond acceptors (Lipinski definition) is 4. The van der Waals surface area contributed by atoms with Gasteiger partial charge in [-0.3, -0.25) is 9.59 Å². The monoisotopic (exact) mass is 309 g/mol. The molecule has 1 saturated heterocycles. The average molecular weight is 309 g/mol. The van der Waals surface area contributed by atoms with E-state index in [-0.39, 0.29) is 11.8 Å². The van der Waals surface area contributed by atoms with E-state index in [1.165, 1.54) is 11.3 Å². The van der Waals surface area contributed by atoms with Crippen molar-refractivity contribution in [3.8, 4) is 0 Å². The van der Waals surface area contributed by atoms with E-state index in [0.29, 0.717) is 23.7 Å². The summed E-state index contributed by atoms with van der Waals surface area (Å²) in [4.78, 5) is 27.6. The summed E-state index contributed by atoms with van der Waals surface area (Å²) in [6.07, 6.45) is 0. The summed E-state index contributed by atoms with van der Waals surface area (Å²) < 4.78 is 0. The summed E-state index contributed by atoms with van der Waals surface area (Å²) in [6.45, 7) is 10.6. The van der Waals surface area contributed by atoms with E-state index in [1.54, 1.807) is 0 Å². The number of aryl methyl sites for hydroxylation is 1. The molecule has 0 saturated carbocycles. The van der Waals surface area contributed by atoms with Gasteiger partial charge in [0.05, 0.1) is 5.56 Å². The molecule has 5 nitrogen and oxygen atoms in total. The van der Waals surface area contributed by atoms with E-state index in [4.69, 9.17) is 0 Å². The van der Waals surface area contributed by atoms with Crippen LogP contribution in [0, 0.1) is 12.3 Å². The van der Waals surface area contributed by atoms with Crippen LogP contribution in [0.25, 0.3) is 0 Å². The summed E-state index contributed by atoms with van der Waals surface area (Å²) in [5.41, 5.74) is 0.129. The van der Waals surface area contributed by atoms with Crippen LogP contribution in [0.4, 0.5) is 5.00 Å². The van der Waals surface area contributed by atoms with Crippen LogP contribution >= 0.6 is 11.3 Å². The van der Waals surface area contributed by atoms with Crippen LogP contribution in [-0.4, -0.2) is 42.9 Å². The largest absolute Gasteiger partial charge is 0.336 e. The quantitative estimate of drug-likeness (QED) is 0.879. The molecule has 2 rings (SSSR count). The van der Waals surface area contributed by atoms with E-state index < -0.39 is 5.41 Å². The lowest BCUT2D eigenvalue weighted by molar-refractivity contribution is -0.123. The Kier molecular flexibility index (Phi) is 4.68. The molecule has 0 atom stereocenters. The first-order valence-corrected chi connectivity index (χ1v) is 8.02. The molecule has 0 spiro atoms. The number of thiophene rings is 1. The smallest absolute Gasteiger partial charge is 0.256 e. The molecule has 2 heterocycles. The molecule has 6 heteroatoms. The summed E-state index contributed by atoms with van der Waals surface area (Å²) in [7, 11) is 0. The molecule has 0 radical (unpaired) electrons. The molecular formula is C15H23N3O2S. The van der Waals surface area contributed by atoms with Crippen LogP contribution in [0.5, 0.6) is 0 Å². The Labute approximate surface area is 129 Å². The van der Waals surface area contributed by atoms with Crippen molar-refractivity contribution in [2.75, 3.05) is 31.5 Å². The maximum Gasteiger partial charge on any atom is 0.256 e. The van der Waals surface area contributed by atoms with Crippen LogP contribution in [0.2, 0.25) is 0 Å². The molecule has 1 aliphatic rings. The van der Waals surface area contributed by atoms with E-state index >= 15 is 0 Å². The van der Waals surface area contributed by atoms with Crippen molar-refractivity contribution < 1.29 is 9.59 Å². The van der Waals surface area contributed by atoms with Gasteiger partial charge in [-0.05, 0) is 13.0 Å². The Hall–Kier alpha value is -1.40. The number of rotatable bonds is 2. The maximum absolute atomic E-state index is 12.6. The molecule has 1 fully saturated rings. The van der Waals surface area contributed by atoms with Gasteiger partial charge in [0, 0.05) is 36.5 Å². The zero-order valence-electron chi connectivity index (χ0n) is 13.1. The first-order valence-electron chi connectivity index (χ1n) is 7.21. The van der Waals surface area contributed by atoms with Gasteiger partial charge in [0.2, 0.25) is 5.91 Å². The minimum absolute atomic E-state index is 0.00468. The zero-order valence-corrected chi connectivity index (χ0v) is 13.9. The van der Waals surface area contributed by atoms with Crippen LogP contribution < -0.4 is 10.6 Å². The highest BCUT2D eigenvalue weighted by Gasteiger charge is 2.26. The predicted molar refractivity (Wildman–Crippen MR) is 85.9 cm³/mol. The van der Waals surface area contributed by atoms with Crippen molar-refractivity contribution >= 4 is 28.2 Å². The Balaban J connectivity index is 2.20. The standard InChI is InChI=1S/C15H23N3O2S/c1-10-9-11(13(19)18-7-5-16-6-8-18)12(21-10)17-14(20)15(2,3)4/h9,16H,5-8H2,1-4H3,(H,17,20). The van der Waals surface area contributed by atoms with E-state index in [0.717, 1.165) is 18.0 Å². The van der Waals surface area contributed by atoms with Gasteiger partial charge in [-0.1, -0.05) is 20.8 Å². The molecule has 0 unspecified atom stereocenters. The van der Waals surface area contributed by atoms with Gasteiger partial charge in [0.15, 0.2) is 0 Å². The fourth-order valence-corrected chi connectivity index (χ4v) is 2.99. The van der Waals surface area contributed by atoms with Crippen molar-refractivity contribution in [1.29, 1.82) is 0 Å². The van der Waals surface area contributed by atoms with Gasteiger partial charge in [-0.2, -0.15) is 0 Å². The van der Waals surface area contributed by atoms with Crippen molar-refractivity contribution in [3.63, 3.8) is 0 Å². The molecule has 116 valence electrons. The molecular weight excluding hydrogens is 286 g/mol. The van der Waals surface area contributed by atoms with E-state index in [2.05, 4.69) is 10.6 Å². The lowest BCUT2D eigenvalue weighted by Crippen LogP contribution is -2.46. The maximum atomic E-state index is 12.6. The molecule has 1 aromatic heterocycles. The van der Waals surface area contributed by atoms with Gasteiger partial charge in [-0.25, -0.2) is 0 Å². The first-order chi connectivity index (χ1) is 9.79. The summed E-state index contributed by atoms with van der Waals surface area (Å²) in [5.74, 6) is -0.0660. The topological polar surface area (TPSA) is 61.4 Å². The normalized spacial score (nSPS) is 15.9. The minimum Gasteiger partial charge on any atom is -0.336 e. The number of amides is 2. The molecule has 0 aromatic carbocycles. The number of hydrogen-bond donors (Lipinski definition) is 2. The van der Waals surface area contributed by atoms with Crippen molar-refractivity contribution in [2.45, 2.75) is 27.7 Å². The van der Waals surface area contributed by atoms with Crippen LogP contribution in [-0.2, 0) is 4.79 Å². The van der Waals surface area contributed by atoms with Crippen molar-refractivity contribution in [2.24, 2.45) is 5.41 Å². The minimum atomic E-state index is -0.479. The van der Waals surface area contributed by atoms with Gasteiger partial charge in [0.1, 0.15) is 5.00 Å². The number of carbonyl (C=O) groups is 2. The summed E-state index contributed by atoms with van der Waals surface area (Å²) in [5, 5.41) is 6.80. The highest BCUT2D eigenvalue weighted by molar-refractivity contribution is 7.16. The average Bonchev–Trinajstić information content (AvgIpc) is 2.78. The summed E-state index contributed by atoms with van der Waals surface area (Å²) >= 11 is 1.46. The van der Waals surface area contributed by atoms with Crippen LogP contribution in [0.15, 0.2) is 6.07 Å². The molecule has 1 aromatic rings. The second-order valence-corrected chi connectivity index (χ2v) is 7.60. The number of carbonyl (C=O) groups excluding carboxylic acids is 2. The second-order valence-electron chi connectivity index (χ2n) is 6.35. The highest BCUT2D eigenvalue weighted by atomic mass is 32.1. The molecule has 0 aliphatic carbocycles. The summed E-state index contributed by atoms with van der Waals surface area (Å²) in [6, 6.07) is 1.87. The molecule has 1 aliphatic heterocycles. The third kappa shape index (κ3) is 3.83. The van der Waals surface area contributed by atoms with Crippen molar-refractivity contribution in [3.05, 3.63) is 16.5 Å².